The SMILES string of the molecule is NS(=O)(=O)c1ccc(CNC(=O)[C@@H]2C[C@H](S)CN2C(=O)OCc2ccc([N+](=O)[O-])cc2)cc1. The van der Waals surface area contributed by atoms with Gasteiger partial charge in [0.2, 0.25) is 15.9 Å². The maximum atomic E-state index is 12.7. The van der Waals surface area contributed by atoms with E-state index in [1.807, 2.05) is 0 Å². The van der Waals surface area contributed by atoms with Crippen molar-refractivity contribution in [2.24, 2.45) is 5.14 Å². The lowest BCUT2D eigenvalue weighted by Crippen LogP contribution is -2.45. The Kier molecular flexibility index (Phi) is 7.56. The minimum absolute atomic E-state index is 0.0340. The van der Waals surface area contributed by atoms with Crippen molar-refractivity contribution in [1.29, 1.82) is 0 Å². The average molecular weight is 495 g/mol. The van der Waals surface area contributed by atoms with Gasteiger partial charge >= 0.3 is 6.09 Å². The maximum Gasteiger partial charge on any atom is 0.410 e. The minimum Gasteiger partial charge on any atom is -0.445 e. The molecule has 1 aliphatic heterocycles. The molecule has 0 aliphatic carbocycles. The third-order valence-corrected chi connectivity index (χ3v) is 6.35. The van der Waals surface area contributed by atoms with Crippen molar-refractivity contribution in [3.63, 3.8) is 0 Å². The summed E-state index contributed by atoms with van der Waals surface area (Å²) in [5.74, 6) is -0.394. The Morgan fingerprint density at radius 1 is 1.15 bits per heavy atom. The Labute approximate surface area is 195 Å². The first kappa shape index (κ1) is 24.5. The minimum atomic E-state index is -3.80. The first-order chi connectivity index (χ1) is 15.5. The number of thiol groups is 1. The molecule has 33 heavy (non-hydrogen) atoms. The molecule has 13 heteroatoms. The van der Waals surface area contributed by atoms with Gasteiger partial charge in [0.1, 0.15) is 12.6 Å². The van der Waals surface area contributed by atoms with E-state index in [1.165, 1.54) is 53.4 Å². The number of nitrogens with two attached hydrogens (primary N) is 1. The highest BCUT2D eigenvalue weighted by atomic mass is 32.2. The molecular formula is C20H22N4O7S2. The molecule has 2 atom stereocenters. The number of hydrogen-bond donors (Lipinski definition) is 3. The van der Waals surface area contributed by atoms with E-state index in [0.717, 1.165) is 0 Å². The summed E-state index contributed by atoms with van der Waals surface area (Å²) in [7, 11) is -3.80. The number of hydrogen-bond acceptors (Lipinski definition) is 8. The number of rotatable bonds is 7. The number of likely N-dealkylation sites (tertiary alicyclic amines) is 1. The highest BCUT2D eigenvalue weighted by Crippen LogP contribution is 2.24. The lowest BCUT2D eigenvalue weighted by atomic mass is 10.2. The van der Waals surface area contributed by atoms with Gasteiger partial charge in [-0.1, -0.05) is 12.1 Å². The summed E-state index contributed by atoms with van der Waals surface area (Å²) in [6, 6.07) is 10.6. The fourth-order valence-corrected chi connectivity index (χ4v) is 4.20. The smallest absolute Gasteiger partial charge is 0.410 e. The molecular weight excluding hydrogens is 472 g/mol. The molecule has 0 saturated carbocycles. The first-order valence-corrected chi connectivity index (χ1v) is 11.8. The molecule has 2 aromatic carbocycles. The highest BCUT2D eigenvalue weighted by Gasteiger charge is 2.39. The normalized spacial score (nSPS) is 18.1. The second-order valence-electron chi connectivity index (χ2n) is 7.44. The number of ether oxygens (including phenoxy) is 1. The highest BCUT2D eigenvalue weighted by molar-refractivity contribution is 7.89. The van der Waals surface area contributed by atoms with E-state index < -0.39 is 33.0 Å². The van der Waals surface area contributed by atoms with Gasteiger partial charge in [-0.15, -0.1) is 0 Å². The maximum absolute atomic E-state index is 12.7. The second-order valence-corrected chi connectivity index (χ2v) is 9.73. The van der Waals surface area contributed by atoms with Crippen molar-refractivity contribution in [1.82, 2.24) is 10.2 Å². The van der Waals surface area contributed by atoms with Crippen molar-refractivity contribution in [2.75, 3.05) is 6.54 Å². The molecule has 1 fully saturated rings. The molecule has 3 N–H and O–H groups in total. The van der Waals surface area contributed by atoms with Crippen LogP contribution >= 0.6 is 12.6 Å². The van der Waals surface area contributed by atoms with Gasteiger partial charge < -0.3 is 10.1 Å². The Hall–Kier alpha value is -3.16. The van der Waals surface area contributed by atoms with E-state index in [-0.39, 0.29) is 35.5 Å². The lowest BCUT2D eigenvalue weighted by Gasteiger charge is -2.23. The largest absolute Gasteiger partial charge is 0.445 e. The summed E-state index contributed by atoms with van der Waals surface area (Å²) in [6.07, 6.45) is -0.353. The van der Waals surface area contributed by atoms with E-state index in [0.29, 0.717) is 17.5 Å². The number of carbonyl (C=O) groups is 2. The van der Waals surface area contributed by atoms with Crippen LogP contribution < -0.4 is 10.5 Å². The number of benzene rings is 2. The number of nitrogens with one attached hydrogen (secondary N) is 1. The van der Waals surface area contributed by atoms with Crippen LogP contribution in [-0.2, 0) is 32.7 Å². The number of carbonyl (C=O) groups excluding carboxylic acids is 2. The number of non-ortho nitro benzene ring substituents is 1. The molecule has 1 heterocycles. The number of sulfonamides is 1. The van der Waals surface area contributed by atoms with E-state index in [9.17, 15) is 28.1 Å². The van der Waals surface area contributed by atoms with E-state index in [2.05, 4.69) is 17.9 Å². The van der Waals surface area contributed by atoms with Gasteiger partial charge in [0.25, 0.3) is 5.69 Å². The molecule has 1 aliphatic rings. The van der Waals surface area contributed by atoms with Crippen LogP contribution in [0.1, 0.15) is 17.5 Å². The first-order valence-electron chi connectivity index (χ1n) is 9.79. The fraction of sp³-hybridized carbons (Fsp3) is 0.300. The van der Waals surface area contributed by atoms with Gasteiger partial charge in [-0.05, 0) is 41.8 Å². The standard InChI is InChI=1S/C20H22N4O7S2/c21-33(29,30)17-7-3-13(4-8-17)10-22-19(25)18-9-16(32)11-23(18)20(26)31-12-14-1-5-15(6-2-14)24(27)28/h1-8,16,18,32H,9-12H2,(H,22,25)(H2,21,29,30)/t16-,18-/m0/s1. The van der Waals surface area contributed by atoms with Crippen molar-refractivity contribution in [2.45, 2.75) is 35.8 Å². The summed E-state index contributed by atoms with van der Waals surface area (Å²) in [6.45, 7) is 0.252. The Morgan fingerprint density at radius 2 is 1.76 bits per heavy atom. The molecule has 1 saturated heterocycles. The third-order valence-electron chi connectivity index (χ3n) is 5.04. The van der Waals surface area contributed by atoms with E-state index in [1.54, 1.807) is 0 Å². The Bertz CT molecular complexity index is 1140. The zero-order valence-electron chi connectivity index (χ0n) is 17.3. The van der Waals surface area contributed by atoms with Gasteiger partial charge in [-0.3, -0.25) is 19.8 Å². The van der Waals surface area contributed by atoms with Crippen LogP contribution in [0.2, 0.25) is 0 Å². The monoisotopic (exact) mass is 494 g/mol. The summed E-state index contributed by atoms with van der Waals surface area (Å²) < 4.78 is 27.9. The molecule has 2 aromatic rings. The second kappa shape index (κ2) is 10.2. The Morgan fingerprint density at radius 3 is 2.33 bits per heavy atom. The topological polar surface area (TPSA) is 162 Å². The number of nitro groups is 1. The quantitative estimate of drug-likeness (QED) is 0.299. The fourth-order valence-electron chi connectivity index (χ4n) is 3.31. The van der Waals surface area contributed by atoms with E-state index >= 15 is 0 Å². The zero-order valence-corrected chi connectivity index (χ0v) is 19.0. The van der Waals surface area contributed by atoms with Crippen LogP contribution in [0.4, 0.5) is 10.5 Å². The predicted octanol–water partition coefficient (Wildman–Crippen LogP) is 1.57. The molecule has 0 bridgehead atoms. The molecule has 11 nitrogen and oxygen atoms in total. The average Bonchev–Trinajstić information content (AvgIpc) is 3.17. The van der Waals surface area contributed by atoms with Gasteiger partial charge in [0.05, 0.1) is 9.82 Å². The molecule has 0 radical (unpaired) electrons. The van der Waals surface area contributed by atoms with Crippen molar-refractivity contribution >= 4 is 40.3 Å². The van der Waals surface area contributed by atoms with Crippen LogP contribution in [0, 0.1) is 10.1 Å². The number of nitro benzene ring substituents is 1. The lowest BCUT2D eigenvalue weighted by molar-refractivity contribution is -0.384. The predicted molar refractivity (Wildman–Crippen MR) is 121 cm³/mol. The molecule has 3 rings (SSSR count). The van der Waals surface area contributed by atoms with Crippen molar-refractivity contribution in [3.05, 3.63) is 69.8 Å². The van der Waals surface area contributed by atoms with Crippen LogP contribution in [0.5, 0.6) is 0 Å². The summed E-state index contributed by atoms with van der Waals surface area (Å²) in [5.41, 5.74) is 1.15. The van der Waals surface area contributed by atoms with Gasteiger partial charge in [-0.2, -0.15) is 12.6 Å². The molecule has 2 amide bonds. The summed E-state index contributed by atoms with van der Waals surface area (Å²) in [4.78, 5) is 36.7. The number of primary sulfonamides is 1. The van der Waals surface area contributed by atoms with Crippen LogP contribution in [0.15, 0.2) is 53.4 Å². The molecule has 0 spiro atoms. The summed E-state index contributed by atoms with van der Waals surface area (Å²) in [5, 5.41) is 18.3. The van der Waals surface area contributed by atoms with Crippen molar-refractivity contribution < 1.29 is 27.7 Å². The van der Waals surface area contributed by atoms with Crippen molar-refractivity contribution in [3.8, 4) is 0 Å². The van der Waals surface area contributed by atoms with Crippen LogP contribution in [0.3, 0.4) is 0 Å². The van der Waals surface area contributed by atoms with Gasteiger partial charge in [0, 0.05) is 30.5 Å². The molecule has 0 aromatic heterocycles. The Balaban J connectivity index is 1.56. The zero-order chi connectivity index (χ0) is 24.2. The molecule has 176 valence electrons. The third kappa shape index (κ3) is 6.43. The van der Waals surface area contributed by atoms with Crippen LogP contribution in [-0.4, -0.2) is 48.1 Å². The summed E-state index contributed by atoms with van der Waals surface area (Å²) >= 11 is 4.38. The van der Waals surface area contributed by atoms with Gasteiger partial charge in [0.15, 0.2) is 0 Å². The number of nitrogens with zero attached hydrogens (tertiary/aromatic N) is 2. The molecule has 0 unspecified atom stereocenters. The van der Waals surface area contributed by atoms with Crippen LogP contribution in [0.25, 0.3) is 0 Å². The van der Waals surface area contributed by atoms with E-state index in [4.69, 9.17) is 9.88 Å². The number of amides is 2. The van der Waals surface area contributed by atoms with Gasteiger partial charge in [-0.25, -0.2) is 18.4 Å².